The molecule has 6 heteroatoms. The Balaban J connectivity index is 1.67. The molecule has 0 unspecified atom stereocenters. The number of carbonyl (C=O) groups is 2. The smallest absolute Gasteiger partial charge is 0.271 e. The Bertz CT molecular complexity index is 875. The van der Waals surface area contributed by atoms with Crippen molar-refractivity contribution >= 4 is 22.9 Å². The van der Waals surface area contributed by atoms with Crippen LogP contribution in [0.5, 0.6) is 0 Å². The van der Waals surface area contributed by atoms with Gasteiger partial charge in [0, 0.05) is 24.7 Å². The van der Waals surface area contributed by atoms with Crippen LogP contribution in [0.3, 0.4) is 0 Å². The summed E-state index contributed by atoms with van der Waals surface area (Å²) in [4.78, 5) is 28.6. The molecule has 0 saturated heterocycles. The van der Waals surface area contributed by atoms with Crippen LogP contribution in [0.4, 0.5) is 0 Å². The second-order valence-corrected chi connectivity index (χ2v) is 9.01. The minimum Gasteiger partial charge on any atom is -0.463 e. The number of nitrogens with zero attached hydrogens (tertiary/aromatic N) is 2. The summed E-state index contributed by atoms with van der Waals surface area (Å²) >= 11 is 0. The van der Waals surface area contributed by atoms with E-state index in [4.69, 9.17) is 4.42 Å². The number of aromatic nitrogens is 1. The molecule has 0 aromatic carbocycles. The summed E-state index contributed by atoms with van der Waals surface area (Å²) in [7, 11) is 0. The fourth-order valence-corrected chi connectivity index (χ4v) is 4.60. The van der Waals surface area contributed by atoms with E-state index in [1.165, 1.54) is 6.42 Å². The summed E-state index contributed by atoms with van der Waals surface area (Å²) in [6.45, 7) is 7.23. The maximum absolute atomic E-state index is 13.5. The first-order chi connectivity index (χ1) is 13.4. The van der Waals surface area contributed by atoms with Crippen molar-refractivity contribution in [2.24, 2.45) is 5.92 Å². The molecular formula is C22H31N3O3. The zero-order valence-corrected chi connectivity index (χ0v) is 17.2. The van der Waals surface area contributed by atoms with Gasteiger partial charge in [0.25, 0.3) is 5.91 Å². The van der Waals surface area contributed by atoms with E-state index in [1.807, 2.05) is 17.6 Å². The number of furan rings is 1. The lowest BCUT2D eigenvalue weighted by molar-refractivity contribution is -0.133. The molecule has 2 aliphatic rings. The van der Waals surface area contributed by atoms with E-state index in [1.54, 1.807) is 17.2 Å². The number of carbonyl (C=O) groups excluding carboxylic acids is 2. The third kappa shape index (κ3) is 3.23. The predicted octanol–water partition coefficient (Wildman–Crippen LogP) is 3.94. The second kappa shape index (κ2) is 7.30. The molecule has 0 spiro atoms. The molecule has 152 valence electrons. The molecule has 1 saturated carbocycles. The van der Waals surface area contributed by atoms with Gasteiger partial charge in [0.2, 0.25) is 5.91 Å². The monoisotopic (exact) mass is 385 g/mol. The van der Waals surface area contributed by atoms with Gasteiger partial charge in [0.15, 0.2) is 5.58 Å². The average Bonchev–Trinajstić information content (AvgIpc) is 3.24. The molecule has 0 radical (unpaired) electrons. The Kier molecular flexibility index (Phi) is 4.98. The number of hydrogen-bond donors (Lipinski definition) is 1. The van der Waals surface area contributed by atoms with Crippen molar-refractivity contribution in [1.29, 1.82) is 0 Å². The van der Waals surface area contributed by atoms with Crippen LogP contribution in [-0.4, -0.2) is 39.4 Å². The zero-order valence-electron chi connectivity index (χ0n) is 17.2. The highest BCUT2D eigenvalue weighted by molar-refractivity contribution is 6.02. The van der Waals surface area contributed by atoms with Crippen LogP contribution >= 0.6 is 0 Å². The molecule has 1 aliphatic carbocycles. The normalized spacial score (nSPS) is 23.4. The fraction of sp³-hybridized carbons (Fsp3) is 0.636. The highest BCUT2D eigenvalue weighted by Crippen LogP contribution is 2.33. The van der Waals surface area contributed by atoms with Crippen molar-refractivity contribution in [2.45, 2.75) is 77.4 Å². The molecule has 1 aliphatic heterocycles. The molecule has 2 aromatic rings. The first kappa shape index (κ1) is 19.1. The van der Waals surface area contributed by atoms with Crippen LogP contribution in [-0.2, 0) is 11.3 Å². The molecule has 1 atom stereocenters. The number of fused-ring (bicyclic) bond motifs is 3. The van der Waals surface area contributed by atoms with Crippen LogP contribution in [0.1, 0.15) is 69.8 Å². The molecule has 1 fully saturated rings. The Morgan fingerprint density at radius 2 is 2.07 bits per heavy atom. The number of rotatable bonds is 5. The minimum atomic E-state index is -0.903. The van der Waals surface area contributed by atoms with Crippen LogP contribution in [0, 0.1) is 5.92 Å². The van der Waals surface area contributed by atoms with Crippen molar-refractivity contribution in [3.63, 3.8) is 0 Å². The molecule has 3 heterocycles. The molecule has 2 amide bonds. The predicted molar refractivity (Wildman–Crippen MR) is 108 cm³/mol. The maximum Gasteiger partial charge on any atom is 0.271 e. The molecule has 28 heavy (non-hydrogen) atoms. The molecule has 0 bridgehead atoms. The van der Waals surface area contributed by atoms with Crippen molar-refractivity contribution in [3.05, 3.63) is 24.1 Å². The lowest BCUT2D eigenvalue weighted by Gasteiger charge is -2.45. The summed E-state index contributed by atoms with van der Waals surface area (Å²) in [6.07, 6.45) is 8.13. The van der Waals surface area contributed by atoms with Crippen LogP contribution in [0.25, 0.3) is 11.1 Å². The van der Waals surface area contributed by atoms with E-state index in [0.717, 1.165) is 37.6 Å². The first-order valence-electron chi connectivity index (χ1n) is 10.6. The lowest BCUT2D eigenvalue weighted by atomic mass is 9.91. The molecule has 2 aromatic heterocycles. The van der Waals surface area contributed by atoms with Crippen LogP contribution in [0.2, 0.25) is 0 Å². The van der Waals surface area contributed by atoms with E-state index < -0.39 is 5.54 Å². The third-order valence-corrected chi connectivity index (χ3v) is 6.41. The van der Waals surface area contributed by atoms with Gasteiger partial charge in [-0.3, -0.25) is 9.59 Å². The van der Waals surface area contributed by atoms with Gasteiger partial charge < -0.3 is 19.2 Å². The summed E-state index contributed by atoms with van der Waals surface area (Å²) < 4.78 is 7.46. The average molecular weight is 386 g/mol. The lowest BCUT2D eigenvalue weighted by Crippen LogP contribution is -2.65. The molecular weight excluding hydrogens is 354 g/mol. The van der Waals surface area contributed by atoms with Crippen molar-refractivity contribution in [2.75, 3.05) is 6.54 Å². The highest BCUT2D eigenvalue weighted by Gasteiger charge is 2.48. The Labute approximate surface area is 166 Å². The fourth-order valence-electron chi connectivity index (χ4n) is 4.60. The van der Waals surface area contributed by atoms with Crippen molar-refractivity contribution in [3.8, 4) is 0 Å². The second-order valence-electron chi connectivity index (χ2n) is 9.01. The van der Waals surface area contributed by atoms with Gasteiger partial charge >= 0.3 is 0 Å². The number of nitrogens with one attached hydrogen (secondary N) is 1. The highest BCUT2D eigenvalue weighted by atomic mass is 16.3. The number of amides is 2. The third-order valence-electron chi connectivity index (χ3n) is 6.41. The van der Waals surface area contributed by atoms with Crippen molar-refractivity contribution < 1.29 is 14.0 Å². The summed E-state index contributed by atoms with van der Waals surface area (Å²) in [6, 6.07) is 3.90. The van der Waals surface area contributed by atoms with Gasteiger partial charge in [-0.15, -0.1) is 0 Å². The van der Waals surface area contributed by atoms with E-state index in [9.17, 15) is 9.59 Å². The van der Waals surface area contributed by atoms with Crippen LogP contribution < -0.4 is 5.32 Å². The van der Waals surface area contributed by atoms with Crippen LogP contribution in [0.15, 0.2) is 22.8 Å². The van der Waals surface area contributed by atoms with E-state index >= 15 is 0 Å². The van der Waals surface area contributed by atoms with Crippen molar-refractivity contribution in [1.82, 2.24) is 14.8 Å². The SMILES string of the molecule is CC(C)CCN1C(=O)c2cc3occc3n2C[C@@]1(C)C(=O)NC1CCCCC1. The minimum absolute atomic E-state index is 0.0347. The Hall–Kier alpha value is -2.24. The maximum atomic E-state index is 13.5. The Morgan fingerprint density at radius 1 is 1.32 bits per heavy atom. The summed E-state index contributed by atoms with van der Waals surface area (Å²) in [5.74, 6) is 0.343. The van der Waals surface area contributed by atoms with E-state index in [2.05, 4.69) is 19.2 Å². The van der Waals surface area contributed by atoms with Gasteiger partial charge in [0.05, 0.1) is 18.3 Å². The van der Waals surface area contributed by atoms with Gasteiger partial charge in [-0.1, -0.05) is 33.1 Å². The van der Waals surface area contributed by atoms with E-state index in [0.29, 0.717) is 30.3 Å². The van der Waals surface area contributed by atoms with Gasteiger partial charge in [-0.25, -0.2) is 0 Å². The molecule has 4 rings (SSSR count). The number of hydrogen-bond acceptors (Lipinski definition) is 3. The van der Waals surface area contributed by atoms with Gasteiger partial charge in [-0.05, 0) is 32.1 Å². The van der Waals surface area contributed by atoms with E-state index in [-0.39, 0.29) is 17.9 Å². The van der Waals surface area contributed by atoms with Gasteiger partial charge in [0.1, 0.15) is 11.2 Å². The quantitative estimate of drug-likeness (QED) is 0.847. The molecule has 1 N–H and O–H groups in total. The summed E-state index contributed by atoms with van der Waals surface area (Å²) in [5.41, 5.74) is 1.29. The largest absolute Gasteiger partial charge is 0.463 e. The standard InChI is InChI=1S/C22H31N3O3/c1-15(2)9-11-25-20(26)18-13-19-17(10-12-28-19)24(18)14-22(25,3)21(27)23-16-7-5-4-6-8-16/h10,12-13,15-16H,4-9,11,14H2,1-3H3,(H,23,27)/t22-/m0/s1. The first-order valence-corrected chi connectivity index (χ1v) is 10.6. The summed E-state index contributed by atoms with van der Waals surface area (Å²) in [5, 5.41) is 3.26. The zero-order chi connectivity index (χ0) is 19.9. The topological polar surface area (TPSA) is 67.5 Å². The van der Waals surface area contributed by atoms with Gasteiger partial charge in [-0.2, -0.15) is 0 Å². The molecule has 6 nitrogen and oxygen atoms in total. The Morgan fingerprint density at radius 3 is 2.79 bits per heavy atom.